The lowest BCUT2D eigenvalue weighted by Crippen LogP contribution is -2.97. The zero-order valence-electron chi connectivity index (χ0n) is 35.2. The van der Waals surface area contributed by atoms with Crippen LogP contribution in [0, 0.1) is 0 Å². The Balaban J connectivity index is 10.8. The third-order valence-electron chi connectivity index (χ3n) is 12.7. The van der Waals surface area contributed by atoms with E-state index in [0.717, 1.165) is 7.06 Å². The molecule has 184 valence electrons. The van der Waals surface area contributed by atoms with E-state index in [2.05, 4.69) is 0 Å². The summed E-state index contributed by atoms with van der Waals surface area (Å²) in [6.07, 6.45) is -41.2. The van der Waals surface area contributed by atoms with Crippen LogP contribution >= 0.6 is 0 Å². The normalized spacial score (nSPS) is 9.72. The Morgan fingerprint density at radius 1 is 0.164 bits per heavy atom. The molecule has 0 aromatic heterocycles. The highest BCUT2D eigenvalue weighted by Gasteiger charge is 2.62. The Bertz CT molecular complexity index is 947. The summed E-state index contributed by atoms with van der Waals surface area (Å²) in [4.78, 5) is 0. The Labute approximate surface area is 428 Å². The van der Waals surface area contributed by atoms with Crippen molar-refractivity contribution < 1.29 is 0 Å². The van der Waals surface area contributed by atoms with Crippen molar-refractivity contribution in [3.8, 4) is 0 Å². The van der Waals surface area contributed by atoms with Gasteiger partial charge in [0.05, 0.1) is 0 Å². The van der Waals surface area contributed by atoms with Crippen LogP contribution in [0.4, 0.5) is 0 Å². The van der Waals surface area contributed by atoms with E-state index in [9.17, 15) is 0 Å². The summed E-state index contributed by atoms with van der Waals surface area (Å²) >= 11 is 0. The van der Waals surface area contributed by atoms with Crippen molar-refractivity contribution in [3.05, 3.63) is 0 Å². The molecule has 0 aromatic carbocycles. The van der Waals surface area contributed by atoms with E-state index in [1.54, 1.807) is 0 Å². The summed E-state index contributed by atoms with van der Waals surface area (Å²) in [5.41, 5.74) is 0. The van der Waals surface area contributed by atoms with Crippen LogP contribution in [-0.2, 0) is 0 Å². The van der Waals surface area contributed by atoms with Gasteiger partial charge in [-0.05, 0) is 417 Å². The fourth-order valence-electron chi connectivity index (χ4n) is 10.5. The maximum absolute atomic E-state index is 6.61. The van der Waals surface area contributed by atoms with Crippen molar-refractivity contribution in [2.45, 2.75) is 0 Å². The highest BCUT2D eigenvalue weighted by Crippen LogP contribution is 2.24. The van der Waals surface area contributed by atoms with Crippen LogP contribution < -0.4 is 0 Å². The SMILES string of the molecule is [B]B([B])B([B][B-])B(B(B([B])[B])B([B])[B])B(B(B(B([B])[B])B([B])[B])B(B([B])[B])B([B])[B])B(B(B(B([B])[B])B([B])[B])B(B([B])[B])B([B])[B])B(B(B([B])[B])B([B])[B])B(B([B])[B])B([B])[B]. The molecular weight excluding hydrogens is 660 g/mol. The second-order valence-electron chi connectivity index (χ2n) is 16.9. The van der Waals surface area contributed by atoms with Gasteiger partial charge in [0.1, 0.15) is 0 Å². The van der Waals surface area contributed by atoms with Crippen LogP contribution in [0.5, 0.6) is 0 Å². The van der Waals surface area contributed by atoms with Crippen LogP contribution in [0.2, 0.25) is 0 Å². The van der Waals surface area contributed by atoms with Gasteiger partial charge in [0.25, 0.3) is 0 Å². The molecule has 0 aromatic rings. The van der Waals surface area contributed by atoms with E-state index in [4.69, 9.17) is 240 Å². The highest BCUT2D eigenvalue weighted by molar-refractivity contribution is 8.38. The number of hydrogen-bond donors (Lipinski definition) is 0. The van der Waals surface area contributed by atoms with Gasteiger partial charge in [0, 0.05) is 0 Å². The average Bonchev–Trinajstić information content (AvgIpc) is 3.03. The first kappa shape index (κ1) is 65.0. The summed E-state index contributed by atoms with van der Waals surface area (Å²) in [6, 6.07) is 0. The van der Waals surface area contributed by atoms with Gasteiger partial charge in [-0.25, -0.2) is 0 Å². The molecule has 0 aliphatic heterocycles. The molecule has 0 spiro atoms. The summed E-state index contributed by atoms with van der Waals surface area (Å²) in [5, 5.41) is 0. The van der Waals surface area contributed by atoms with Crippen LogP contribution in [0.3, 0.4) is 0 Å². The zero-order valence-corrected chi connectivity index (χ0v) is 35.2. The predicted octanol–water partition coefficient (Wildman–Crippen LogP) is -23.2. The lowest BCUT2D eigenvalue weighted by molar-refractivity contribution is 3.17. The van der Waals surface area contributed by atoms with Gasteiger partial charge in [-0.3, -0.25) is 7.06 Å². The molecule has 61 heavy (non-hydrogen) atoms. The molecule has 64 radical (unpaired) electrons. The monoisotopic (exact) mass is 672 g/mol. The smallest absolute Gasteiger partial charge is 0.0000000000000000739 e. The maximum Gasteiger partial charge on any atom is -0.0000000000000000739 e. The second kappa shape index (κ2) is 30.0. The average molecular weight is 660 g/mol. The molecule has 0 saturated carbocycles. The fraction of sp³-hybridized carbons (Fsp3) is 0. The molecule has 0 aliphatic rings. The molecular formula is B61-. The summed E-state index contributed by atoms with van der Waals surface area (Å²) in [5.74, 6) is 0. The molecule has 0 nitrogen and oxygen atoms in total. The minimum atomic E-state index is -1.51. The lowest BCUT2D eigenvalue weighted by Gasteiger charge is -2.59. The molecule has 0 atom stereocenters. The van der Waals surface area contributed by atoms with E-state index < -0.39 is 185 Å². The summed E-state index contributed by atoms with van der Waals surface area (Å²) in [7, 11) is 206. The minimum absolute atomic E-state index is 1.15. The van der Waals surface area contributed by atoms with Gasteiger partial charge in [-0.1, -0.05) is 0 Å². The molecule has 61 heteroatoms. The molecule has 0 fully saturated rings. The fourth-order valence-corrected chi connectivity index (χ4v) is 10.5. The Morgan fingerprint density at radius 3 is 0.393 bits per heavy atom. The van der Waals surface area contributed by atoms with Gasteiger partial charge < -0.3 is 7.74 Å². The van der Waals surface area contributed by atoms with E-state index >= 15 is 0 Å². The van der Waals surface area contributed by atoms with Crippen molar-refractivity contribution in [3.63, 3.8) is 0 Å². The van der Waals surface area contributed by atoms with Gasteiger partial charge >= 0.3 is 0 Å². The van der Waals surface area contributed by atoms with Crippen LogP contribution in [0.1, 0.15) is 0 Å². The molecule has 0 bridgehead atoms. The van der Waals surface area contributed by atoms with Crippen molar-refractivity contribution in [2.75, 3.05) is 0 Å². The summed E-state index contributed by atoms with van der Waals surface area (Å²) in [6.45, 7) is 0. The van der Waals surface area contributed by atoms with Crippen molar-refractivity contribution in [1.29, 1.82) is 0 Å². The van der Waals surface area contributed by atoms with Gasteiger partial charge in [0.2, 0.25) is 0 Å². The van der Waals surface area contributed by atoms with E-state index in [0.29, 0.717) is 0 Å². The third-order valence-corrected chi connectivity index (χ3v) is 12.7. The van der Waals surface area contributed by atoms with E-state index in [1.807, 2.05) is 0 Å². The third kappa shape index (κ3) is 17.6. The standard InChI is InChI=1S/B61/c1-32-48(33(2)3)56(49(34(4)5)35(6)7)60(57(50(36(8)9)37(10)11)51(38(12)13)39(14)15)61(58(52(40(16)17)41(18)19)53(42(20)21)43(22)23)59(54(44(24)25)45(26)27)55(46(28)29)47(30)31/q-1. The highest BCUT2D eigenvalue weighted by atomic mass is 13.4. The van der Waals surface area contributed by atoms with Crippen molar-refractivity contribution in [1.82, 2.24) is 0 Å². The van der Waals surface area contributed by atoms with Crippen LogP contribution in [-0.4, -0.2) is 432 Å². The predicted molar refractivity (Wildman–Crippen MR) is 351 cm³/mol. The molecule has 0 unspecified atom stereocenters. The first-order chi connectivity index (χ1) is 27.8. The Morgan fingerprint density at radius 2 is 0.279 bits per heavy atom. The molecule has 0 aliphatic carbocycles. The number of rotatable bonds is 29. The van der Waals surface area contributed by atoms with E-state index in [1.165, 1.54) is 0 Å². The molecule has 0 N–H and O–H groups in total. The first-order valence-electron chi connectivity index (χ1n) is 20.0. The zero-order chi connectivity index (χ0) is 48.5. The van der Waals surface area contributed by atoms with Gasteiger partial charge in [-0.15, -0.1) is 0 Å². The van der Waals surface area contributed by atoms with E-state index in [-0.39, 0.29) is 0 Å². The largest absolute Gasteiger partial charge is 0.690 e. The Kier molecular flexibility index (Phi) is 31.9. The summed E-state index contributed by atoms with van der Waals surface area (Å²) < 4.78 is 0. The maximum atomic E-state index is 6.61. The van der Waals surface area contributed by atoms with Gasteiger partial charge in [0.15, 0.2) is 0 Å². The quantitative estimate of drug-likeness (QED) is 0.0701. The molecule has 0 saturated heterocycles. The van der Waals surface area contributed by atoms with Crippen molar-refractivity contribution >= 4 is 432 Å². The molecule has 0 amide bonds. The minimum Gasteiger partial charge on any atom is -0.690 e. The van der Waals surface area contributed by atoms with Crippen molar-refractivity contribution in [2.24, 2.45) is 0 Å². The van der Waals surface area contributed by atoms with Gasteiger partial charge in [-0.2, -0.15) is 0 Å². The van der Waals surface area contributed by atoms with Crippen LogP contribution in [0.15, 0.2) is 0 Å². The molecule has 0 heterocycles. The lowest BCUT2D eigenvalue weighted by atomic mass is 8.22. The Hall–Kier alpha value is 3.96. The topological polar surface area (TPSA) is 0 Å². The second-order valence-corrected chi connectivity index (χ2v) is 16.9. The number of hydrogen-bond acceptors (Lipinski definition) is 0. The van der Waals surface area contributed by atoms with Crippen LogP contribution in [0.25, 0.3) is 0 Å². The first-order valence-corrected chi connectivity index (χ1v) is 20.0. The molecule has 0 rings (SSSR count).